The Hall–Kier alpha value is -1.35. The van der Waals surface area contributed by atoms with Crippen LogP contribution in [-0.2, 0) is 11.2 Å². The minimum atomic E-state index is 0.204. The second-order valence-corrected chi connectivity index (χ2v) is 3.48. The lowest BCUT2D eigenvalue weighted by Gasteiger charge is -1.93. The Bertz CT molecular complexity index is 277. The lowest BCUT2D eigenvalue weighted by Crippen LogP contribution is -2.12. The topological polar surface area (TPSA) is 55.1 Å². The van der Waals surface area contributed by atoms with E-state index in [1.807, 2.05) is 18.2 Å². The second-order valence-electron chi connectivity index (χ2n) is 3.48. The van der Waals surface area contributed by atoms with Gasteiger partial charge in [0.05, 0.1) is 0 Å². The molecule has 1 saturated heterocycles. The highest BCUT2D eigenvalue weighted by atomic mass is 16.1. The maximum atomic E-state index is 10.1. The lowest BCUT2D eigenvalue weighted by atomic mass is 10.2. The van der Waals surface area contributed by atoms with Gasteiger partial charge in [-0.2, -0.15) is 0 Å². The van der Waals surface area contributed by atoms with Crippen molar-refractivity contribution in [3.63, 3.8) is 0 Å². The first-order valence-electron chi connectivity index (χ1n) is 5.33. The molecule has 0 spiro atoms. The quantitative estimate of drug-likeness (QED) is 0.761. The van der Waals surface area contributed by atoms with Gasteiger partial charge in [0.15, 0.2) is 0 Å². The highest BCUT2D eigenvalue weighted by Gasteiger charge is 2.05. The Morgan fingerprint density at radius 3 is 2.40 bits per heavy atom. The van der Waals surface area contributed by atoms with E-state index in [-0.39, 0.29) is 5.91 Å². The zero-order valence-electron chi connectivity index (χ0n) is 8.91. The number of amides is 1. The fourth-order valence-electron chi connectivity index (χ4n) is 1.38. The molecule has 0 bridgehead atoms. The Balaban J connectivity index is 0.000000162. The molecule has 1 amide bonds. The molecule has 0 radical (unpaired) electrons. The van der Waals surface area contributed by atoms with Crippen molar-refractivity contribution in [2.75, 3.05) is 13.1 Å². The molecule has 2 rings (SSSR count). The van der Waals surface area contributed by atoms with Gasteiger partial charge in [-0.1, -0.05) is 30.3 Å². The van der Waals surface area contributed by atoms with Crippen molar-refractivity contribution in [2.45, 2.75) is 19.3 Å². The van der Waals surface area contributed by atoms with E-state index in [4.69, 9.17) is 5.73 Å². The maximum Gasteiger partial charge on any atom is 0.220 e. The SMILES string of the molecule is NCCc1ccccc1.O=C1CCCN1. The van der Waals surface area contributed by atoms with Gasteiger partial charge in [-0.05, 0) is 24.9 Å². The highest BCUT2D eigenvalue weighted by molar-refractivity contribution is 5.77. The van der Waals surface area contributed by atoms with Gasteiger partial charge in [-0.25, -0.2) is 0 Å². The molecule has 1 aliphatic rings. The maximum absolute atomic E-state index is 10.1. The van der Waals surface area contributed by atoms with Gasteiger partial charge in [0, 0.05) is 13.0 Å². The number of carbonyl (C=O) groups is 1. The van der Waals surface area contributed by atoms with Crippen molar-refractivity contribution in [2.24, 2.45) is 5.73 Å². The van der Waals surface area contributed by atoms with E-state index >= 15 is 0 Å². The molecule has 0 aliphatic carbocycles. The molecule has 1 fully saturated rings. The summed E-state index contributed by atoms with van der Waals surface area (Å²) in [5, 5.41) is 2.68. The molecule has 3 N–H and O–H groups in total. The molecule has 15 heavy (non-hydrogen) atoms. The van der Waals surface area contributed by atoms with Crippen LogP contribution in [0.15, 0.2) is 30.3 Å². The van der Waals surface area contributed by atoms with Gasteiger partial charge in [0.2, 0.25) is 5.91 Å². The molecule has 1 aromatic rings. The smallest absolute Gasteiger partial charge is 0.220 e. The fraction of sp³-hybridized carbons (Fsp3) is 0.417. The van der Waals surface area contributed by atoms with E-state index in [0.29, 0.717) is 0 Å². The number of hydrogen-bond donors (Lipinski definition) is 2. The zero-order valence-corrected chi connectivity index (χ0v) is 8.91. The summed E-state index contributed by atoms with van der Waals surface area (Å²) in [5.74, 6) is 0.204. The molecule has 3 heteroatoms. The van der Waals surface area contributed by atoms with E-state index in [2.05, 4.69) is 17.4 Å². The molecule has 0 atom stereocenters. The summed E-state index contributed by atoms with van der Waals surface area (Å²) in [7, 11) is 0. The van der Waals surface area contributed by atoms with Crippen LogP contribution < -0.4 is 11.1 Å². The van der Waals surface area contributed by atoms with Gasteiger partial charge >= 0.3 is 0 Å². The third kappa shape index (κ3) is 5.18. The van der Waals surface area contributed by atoms with E-state index in [1.165, 1.54) is 5.56 Å². The predicted octanol–water partition coefficient (Wildman–Crippen LogP) is 1.08. The van der Waals surface area contributed by atoms with Crippen molar-refractivity contribution in [3.05, 3.63) is 35.9 Å². The van der Waals surface area contributed by atoms with E-state index < -0.39 is 0 Å². The summed E-state index contributed by atoms with van der Waals surface area (Å²) in [6, 6.07) is 10.3. The highest BCUT2D eigenvalue weighted by Crippen LogP contribution is 1.96. The molecule has 3 nitrogen and oxygen atoms in total. The van der Waals surface area contributed by atoms with Gasteiger partial charge in [-0.15, -0.1) is 0 Å². The van der Waals surface area contributed by atoms with Gasteiger partial charge in [0.1, 0.15) is 0 Å². The average Bonchev–Trinajstić information content (AvgIpc) is 2.72. The molecule has 0 unspecified atom stereocenters. The molecule has 1 aliphatic heterocycles. The van der Waals surface area contributed by atoms with E-state index in [0.717, 1.165) is 32.4 Å². The third-order valence-electron chi connectivity index (χ3n) is 2.18. The first kappa shape index (κ1) is 11.7. The fourth-order valence-corrected chi connectivity index (χ4v) is 1.38. The minimum Gasteiger partial charge on any atom is -0.356 e. The number of hydrogen-bond acceptors (Lipinski definition) is 2. The first-order chi connectivity index (χ1) is 7.33. The van der Waals surface area contributed by atoms with Crippen molar-refractivity contribution in [1.29, 1.82) is 0 Å². The molecule has 82 valence electrons. The second kappa shape index (κ2) is 7.01. The molecule has 1 heterocycles. The van der Waals surface area contributed by atoms with Crippen LogP contribution in [0.3, 0.4) is 0 Å². The van der Waals surface area contributed by atoms with Crippen LogP contribution in [0.1, 0.15) is 18.4 Å². The Labute approximate surface area is 90.7 Å². The number of benzene rings is 1. The zero-order chi connectivity index (χ0) is 10.9. The normalized spacial score (nSPS) is 14.1. The molecule has 0 saturated carbocycles. The third-order valence-corrected chi connectivity index (χ3v) is 2.18. The summed E-state index contributed by atoms with van der Waals surface area (Å²) in [6.07, 6.45) is 2.75. The van der Waals surface area contributed by atoms with Crippen LogP contribution in [0.4, 0.5) is 0 Å². The lowest BCUT2D eigenvalue weighted by molar-refractivity contribution is -0.119. The Kier molecular flexibility index (Phi) is 5.48. The van der Waals surface area contributed by atoms with Crippen molar-refractivity contribution >= 4 is 5.91 Å². The monoisotopic (exact) mass is 206 g/mol. The predicted molar refractivity (Wildman–Crippen MR) is 61.4 cm³/mol. The van der Waals surface area contributed by atoms with Crippen molar-refractivity contribution in [1.82, 2.24) is 5.32 Å². The van der Waals surface area contributed by atoms with Crippen LogP contribution in [-0.4, -0.2) is 19.0 Å². The van der Waals surface area contributed by atoms with Crippen molar-refractivity contribution < 1.29 is 4.79 Å². The summed E-state index contributed by atoms with van der Waals surface area (Å²) in [6.45, 7) is 1.63. The van der Waals surface area contributed by atoms with E-state index in [9.17, 15) is 4.79 Å². The van der Waals surface area contributed by atoms with Crippen LogP contribution in [0, 0.1) is 0 Å². The van der Waals surface area contributed by atoms with E-state index in [1.54, 1.807) is 0 Å². The molecule has 0 aromatic heterocycles. The molecular weight excluding hydrogens is 188 g/mol. The van der Waals surface area contributed by atoms with Crippen LogP contribution in [0.2, 0.25) is 0 Å². The number of rotatable bonds is 2. The Morgan fingerprint density at radius 2 is 2.00 bits per heavy atom. The van der Waals surface area contributed by atoms with Gasteiger partial charge in [0.25, 0.3) is 0 Å². The average molecular weight is 206 g/mol. The molecular formula is C12H18N2O. The molecule has 1 aromatic carbocycles. The van der Waals surface area contributed by atoms with Crippen molar-refractivity contribution in [3.8, 4) is 0 Å². The number of carbonyl (C=O) groups excluding carboxylic acids is 1. The number of nitrogens with one attached hydrogen (secondary N) is 1. The summed E-state index contributed by atoms with van der Waals surface area (Å²) in [5.41, 5.74) is 6.68. The standard InChI is InChI=1S/C8H11N.C4H7NO/c9-7-6-8-4-2-1-3-5-8;6-4-2-1-3-5-4/h1-5H,6-7,9H2;1-3H2,(H,5,6). The number of nitrogens with two attached hydrogens (primary N) is 1. The summed E-state index contributed by atoms with van der Waals surface area (Å²) >= 11 is 0. The Morgan fingerprint density at radius 1 is 1.27 bits per heavy atom. The van der Waals surface area contributed by atoms with Crippen LogP contribution in [0.25, 0.3) is 0 Å². The minimum absolute atomic E-state index is 0.204. The van der Waals surface area contributed by atoms with Crippen LogP contribution >= 0.6 is 0 Å². The largest absolute Gasteiger partial charge is 0.356 e. The summed E-state index contributed by atoms with van der Waals surface area (Å²) < 4.78 is 0. The first-order valence-corrected chi connectivity index (χ1v) is 5.33. The van der Waals surface area contributed by atoms with Gasteiger partial charge in [-0.3, -0.25) is 4.79 Å². The van der Waals surface area contributed by atoms with Crippen LogP contribution in [0.5, 0.6) is 0 Å². The summed E-state index contributed by atoms with van der Waals surface area (Å²) in [4.78, 5) is 10.1. The van der Waals surface area contributed by atoms with Gasteiger partial charge < -0.3 is 11.1 Å².